The molecule has 1 saturated carbocycles. The van der Waals surface area contributed by atoms with E-state index >= 15 is 0 Å². The summed E-state index contributed by atoms with van der Waals surface area (Å²) in [5.41, 5.74) is 0.778. The summed E-state index contributed by atoms with van der Waals surface area (Å²) in [6, 6.07) is 5.31. The highest BCUT2D eigenvalue weighted by atomic mass is 16.4. The third kappa shape index (κ3) is 3.10. The van der Waals surface area contributed by atoms with Gasteiger partial charge in [0.2, 0.25) is 5.91 Å². The first-order valence-electron chi connectivity index (χ1n) is 6.53. The van der Waals surface area contributed by atoms with E-state index in [1.54, 1.807) is 6.20 Å². The molecule has 19 heavy (non-hydrogen) atoms. The zero-order valence-electron chi connectivity index (χ0n) is 10.9. The van der Waals surface area contributed by atoms with Gasteiger partial charge in [-0.25, -0.2) is 0 Å². The van der Waals surface area contributed by atoms with Crippen molar-refractivity contribution in [2.45, 2.75) is 32.2 Å². The zero-order valence-corrected chi connectivity index (χ0v) is 10.9. The van der Waals surface area contributed by atoms with Crippen LogP contribution in [-0.2, 0) is 9.59 Å². The van der Waals surface area contributed by atoms with Gasteiger partial charge in [0.25, 0.3) is 0 Å². The molecule has 0 saturated heterocycles. The van der Waals surface area contributed by atoms with E-state index in [4.69, 9.17) is 5.11 Å². The maximum Gasteiger partial charge on any atom is 0.307 e. The van der Waals surface area contributed by atoms with E-state index in [0.717, 1.165) is 12.1 Å². The second kappa shape index (κ2) is 5.82. The van der Waals surface area contributed by atoms with E-state index < -0.39 is 17.8 Å². The summed E-state index contributed by atoms with van der Waals surface area (Å²) in [5.74, 6) is -2.01. The minimum absolute atomic E-state index is 0.178. The first-order chi connectivity index (χ1) is 9.09. The molecule has 1 heterocycles. The van der Waals surface area contributed by atoms with Crippen LogP contribution in [0.5, 0.6) is 0 Å². The van der Waals surface area contributed by atoms with Crippen LogP contribution in [0.25, 0.3) is 0 Å². The summed E-state index contributed by atoms with van der Waals surface area (Å²) in [6.07, 6.45) is 3.71. The number of carboxylic acids is 1. The first-order valence-corrected chi connectivity index (χ1v) is 6.53. The molecule has 0 aliphatic heterocycles. The van der Waals surface area contributed by atoms with Crippen molar-refractivity contribution in [2.24, 2.45) is 11.8 Å². The van der Waals surface area contributed by atoms with Crippen LogP contribution in [-0.4, -0.2) is 22.0 Å². The minimum atomic E-state index is -0.872. The van der Waals surface area contributed by atoms with E-state index in [2.05, 4.69) is 10.3 Å². The van der Waals surface area contributed by atoms with Crippen molar-refractivity contribution in [2.75, 3.05) is 0 Å². The Balaban J connectivity index is 1.99. The first kappa shape index (κ1) is 13.5. The summed E-state index contributed by atoms with van der Waals surface area (Å²) < 4.78 is 0. The third-order valence-electron chi connectivity index (χ3n) is 3.66. The number of pyridine rings is 1. The van der Waals surface area contributed by atoms with Gasteiger partial charge < -0.3 is 10.4 Å². The molecule has 1 aromatic rings. The van der Waals surface area contributed by atoms with Crippen LogP contribution < -0.4 is 5.32 Å². The van der Waals surface area contributed by atoms with E-state index in [9.17, 15) is 9.59 Å². The largest absolute Gasteiger partial charge is 0.481 e. The Kier molecular flexibility index (Phi) is 4.14. The van der Waals surface area contributed by atoms with Crippen LogP contribution in [0.4, 0.5) is 0 Å². The third-order valence-corrected chi connectivity index (χ3v) is 3.66. The van der Waals surface area contributed by atoms with Crippen LogP contribution in [0.3, 0.4) is 0 Å². The summed E-state index contributed by atoms with van der Waals surface area (Å²) in [7, 11) is 0. The van der Waals surface area contributed by atoms with Crippen LogP contribution in [0.1, 0.15) is 37.9 Å². The maximum atomic E-state index is 12.1. The van der Waals surface area contributed by atoms with E-state index in [1.165, 1.54) is 0 Å². The lowest BCUT2D eigenvalue weighted by atomic mass is 9.95. The highest BCUT2D eigenvalue weighted by Crippen LogP contribution is 2.32. The van der Waals surface area contributed by atoms with Crippen molar-refractivity contribution in [1.82, 2.24) is 10.3 Å². The Hall–Kier alpha value is -1.91. The fourth-order valence-corrected chi connectivity index (χ4v) is 2.60. The number of aliphatic carboxylic acids is 1. The molecule has 0 radical (unpaired) electrons. The molecule has 5 heteroatoms. The molecule has 1 unspecified atom stereocenters. The lowest BCUT2D eigenvalue weighted by molar-refractivity contribution is -0.146. The number of nitrogens with zero attached hydrogens (tertiary/aromatic N) is 1. The highest BCUT2D eigenvalue weighted by Gasteiger charge is 2.38. The topological polar surface area (TPSA) is 79.3 Å². The number of hydrogen-bond donors (Lipinski definition) is 2. The summed E-state index contributed by atoms with van der Waals surface area (Å²) in [4.78, 5) is 27.4. The minimum Gasteiger partial charge on any atom is -0.481 e. The molecule has 3 atom stereocenters. The molecular formula is C14H18N2O3. The summed E-state index contributed by atoms with van der Waals surface area (Å²) in [5, 5.41) is 11.9. The number of carbonyl (C=O) groups excluding carboxylic acids is 1. The van der Waals surface area contributed by atoms with Crippen molar-refractivity contribution in [3.63, 3.8) is 0 Å². The van der Waals surface area contributed by atoms with Crippen LogP contribution in [0.15, 0.2) is 24.4 Å². The average Bonchev–Trinajstić information content (AvgIpc) is 2.89. The Labute approximate surface area is 112 Å². The second-order valence-electron chi connectivity index (χ2n) is 4.97. The van der Waals surface area contributed by atoms with Gasteiger partial charge in [-0.3, -0.25) is 14.6 Å². The number of rotatable bonds is 4. The monoisotopic (exact) mass is 262 g/mol. The number of carboxylic acid groups (broad SMARTS) is 1. The molecule has 1 fully saturated rings. The predicted molar refractivity (Wildman–Crippen MR) is 69.3 cm³/mol. The normalized spacial score (nSPS) is 23.8. The molecule has 5 nitrogen and oxygen atoms in total. The van der Waals surface area contributed by atoms with Crippen molar-refractivity contribution >= 4 is 11.9 Å². The second-order valence-corrected chi connectivity index (χ2v) is 4.97. The van der Waals surface area contributed by atoms with E-state index in [1.807, 2.05) is 25.1 Å². The van der Waals surface area contributed by atoms with Gasteiger partial charge in [0.1, 0.15) is 0 Å². The van der Waals surface area contributed by atoms with Gasteiger partial charge in [-0.2, -0.15) is 0 Å². The maximum absolute atomic E-state index is 12.1. The molecule has 0 spiro atoms. The molecule has 1 amide bonds. The van der Waals surface area contributed by atoms with Gasteiger partial charge in [0, 0.05) is 6.20 Å². The van der Waals surface area contributed by atoms with Crippen LogP contribution >= 0.6 is 0 Å². The molecule has 102 valence electrons. The fourth-order valence-electron chi connectivity index (χ4n) is 2.60. The van der Waals surface area contributed by atoms with Crippen molar-refractivity contribution in [3.8, 4) is 0 Å². The standard InChI is InChI=1S/C14H18N2O3/c1-9(12-7-2-3-8-15-12)16-13(17)10-5-4-6-11(10)14(18)19/h2-3,7-11H,4-6H2,1H3,(H,16,17)(H,18,19)/t9?,10-,11+/m1/s1. The average molecular weight is 262 g/mol. The Morgan fingerprint density at radius 1 is 1.37 bits per heavy atom. The molecule has 2 N–H and O–H groups in total. The van der Waals surface area contributed by atoms with Crippen molar-refractivity contribution in [3.05, 3.63) is 30.1 Å². The quantitative estimate of drug-likeness (QED) is 0.866. The molecule has 0 bridgehead atoms. The van der Waals surface area contributed by atoms with Gasteiger partial charge >= 0.3 is 5.97 Å². The van der Waals surface area contributed by atoms with Gasteiger partial charge in [-0.15, -0.1) is 0 Å². The summed E-state index contributed by atoms with van der Waals surface area (Å²) >= 11 is 0. The Morgan fingerprint density at radius 3 is 2.74 bits per heavy atom. The Bertz CT molecular complexity index is 461. The van der Waals surface area contributed by atoms with Gasteiger partial charge in [-0.1, -0.05) is 12.5 Å². The van der Waals surface area contributed by atoms with Gasteiger partial charge in [-0.05, 0) is 31.9 Å². The highest BCUT2D eigenvalue weighted by molar-refractivity contribution is 5.85. The van der Waals surface area contributed by atoms with E-state index in [0.29, 0.717) is 12.8 Å². The zero-order chi connectivity index (χ0) is 13.8. The number of amides is 1. The fraction of sp³-hybridized carbons (Fsp3) is 0.500. The molecule has 2 rings (SSSR count). The Morgan fingerprint density at radius 2 is 2.11 bits per heavy atom. The predicted octanol–water partition coefficient (Wildman–Crippen LogP) is 1.76. The van der Waals surface area contributed by atoms with Crippen LogP contribution in [0.2, 0.25) is 0 Å². The molecule has 1 aliphatic carbocycles. The van der Waals surface area contributed by atoms with Crippen molar-refractivity contribution in [1.29, 1.82) is 0 Å². The summed E-state index contributed by atoms with van der Waals surface area (Å²) in [6.45, 7) is 1.85. The molecule has 1 aliphatic rings. The smallest absolute Gasteiger partial charge is 0.307 e. The number of nitrogens with one attached hydrogen (secondary N) is 1. The van der Waals surface area contributed by atoms with Gasteiger partial charge in [0.05, 0.1) is 23.6 Å². The lowest BCUT2D eigenvalue weighted by Gasteiger charge is -2.19. The number of carbonyl (C=O) groups is 2. The number of aromatic nitrogens is 1. The lowest BCUT2D eigenvalue weighted by Crippen LogP contribution is -2.36. The molecular weight excluding hydrogens is 244 g/mol. The SMILES string of the molecule is CC(NC(=O)[C@@H]1CCC[C@@H]1C(=O)O)c1ccccn1. The van der Waals surface area contributed by atoms with E-state index in [-0.39, 0.29) is 11.9 Å². The molecule has 1 aromatic heterocycles. The van der Waals surface area contributed by atoms with Gasteiger partial charge in [0.15, 0.2) is 0 Å². The van der Waals surface area contributed by atoms with Crippen LogP contribution in [0, 0.1) is 11.8 Å². The number of hydrogen-bond acceptors (Lipinski definition) is 3. The van der Waals surface area contributed by atoms with Crippen molar-refractivity contribution < 1.29 is 14.7 Å². The molecule has 0 aromatic carbocycles.